The molecular formula is C39H39ClZr. The molecule has 6 rings (SSSR count). The molecule has 2 aliphatic carbocycles. The number of hydrogen-bond acceptors (Lipinski definition) is 0. The number of allylic oxidation sites excluding steroid dienone is 4. The molecule has 4 aromatic rings. The molecule has 0 saturated carbocycles. The number of fused-ring (bicyclic) bond motifs is 3. The quantitative estimate of drug-likeness (QED) is 0.185. The zero-order valence-corrected chi connectivity index (χ0v) is 28.3. The Morgan fingerprint density at radius 2 is 1.46 bits per heavy atom. The first-order valence-electron chi connectivity index (χ1n) is 14.7. The van der Waals surface area contributed by atoms with Crippen molar-refractivity contribution in [1.29, 1.82) is 0 Å². The molecule has 0 N–H and O–H groups in total. The van der Waals surface area contributed by atoms with E-state index in [4.69, 9.17) is 11.6 Å². The Bertz CT molecular complexity index is 1740. The van der Waals surface area contributed by atoms with Crippen LogP contribution in [-0.4, -0.2) is 3.21 Å². The zero-order valence-electron chi connectivity index (χ0n) is 25.1. The first kappa shape index (κ1) is 28.5. The summed E-state index contributed by atoms with van der Waals surface area (Å²) >= 11 is 3.89. The molecule has 4 aromatic carbocycles. The number of hydrogen-bond donors (Lipinski definition) is 0. The van der Waals surface area contributed by atoms with Crippen molar-refractivity contribution in [2.75, 3.05) is 0 Å². The summed E-state index contributed by atoms with van der Waals surface area (Å²) < 4.78 is 4.83. The fourth-order valence-electron chi connectivity index (χ4n) is 6.44. The molecule has 0 amide bonds. The predicted molar refractivity (Wildman–Crippen MR) is 175 cm³/mol. The van der Waals surface area contributed by atoms with Crippen LogP contribution < -0.4 is 3.27 Å². The van der Waals surface area contributed by atoms with Crippen LogP contribution in [0.2, 0.25) is 5.02 Å². The average Bonchev–Trinajstić information content (AvgIpc) is 3.58. The summed E-state index contributed by atoms with van der Waals surface area (Å²) in [7, 11) is 0. The van der Waals surface area contributed by atoms with Gasteiger partial charge in [-0.25, -0.2) is 0 Å². The molecule has 0 spiro atoms. The van der Waals surface area contributed by atoms with E-state index in [-0.39, 0.29) is 10.8 Å². The Morgan fingerprint density at radius 1 is 0.732 bits per heavy atom. The Labute approximate surface area is 259 Å². The van der Waals surface area contributed by atoms with Gasteiger partial charge in [-0.15, -0.1) is 0 Å². The second-order valence-corrected chi connectivity index (χ2v) is 19.8. The maximum absolute atomic E-state index is 6.68. The summed E-state index contributed by atoms with van der Waals surface area (Å²) in [5.74, 6) is 0. The van der Waals surface area contributed by atoms with Crippen molar-refractivity contribution in [1.82, 2.24) is 0 Å². The van der Waals surface area contributed by atoms with E-state index in [9.17, 15) is 0 Å². The summed E-state index contributed by atoms with van der Waals surface area (Å²) in [6.07, 6.45) is 9.12. The standard InChI is InChI=1S/C21H25.C13H9Cl.C5H5.Zr/c1-20(2,3)16-7-9-18-14(12-16)11-15-13-17(21(4,5)6)8-10-19(15)18;14-13-8-4-7-12(10-13)9-11-5-2-1-3-6-11;1-2-4-5-3-1;/h7-10,12H,11H2,1-6H3;1-8,10H;1-3H,4H2;. The van der Waals surface area contributed by atoms with E-state index in [1.807, 2.05) is 6.07 Å². The molecule has 0 unspecified atom stereocenters. The van der Waals surface area contributed by atoms with Crippen LogP contribution in [0, 0.1) is 0 Å². The van der Waals surface area contributed by atoms with Crippen LogP contribution in [0.3, 0.4) is 0 Å². The topological polar surface area (TPSA) is 0 Å². The van der Waals surface area contributed by atoms with E-state index in [1.165, 1.54) is 42.2 Å². The van der Waals surface area contributed by atoms with E-state index in [2.05, 4.69) is 139 Å². The molecule has 0 radical (unpaired) electrons. The van der Waals surface area contributed by atoms with Crippen LogP contribution in [0.25, 0.3) is 11.1 Å². The summed E-state index contributed by atoms with van der Waals surface area (Å²) in [5, 5.41) is 0.800. The van der Waals surface area contributed by atoms with Crippen LogP contribution in [0.5, 0.6) is 0 Å². The molecule has 0 atom stereocenters. The Kier molecular flexibility index (Phi) is 7.59. The van der Waals surface area contributed by atoms with E-state index >= 15 is 0 Å². The van der Waals surface area contributed by atoms with Gasteiger partial charge in [0.05, 0.1) is 0 Å². The van der Waals surface area contributed by atoms with Crippen molar-refractivity contribution in [2.24, 2.45) is 0 Å². The van der Waals surface area contributed by atoms with Crippen LogP contribution >= 0.6 is 11.6 Å². The third-order valence-electron chi connectivity index (χ3n) is 8.52. The van der Waals surface area contributed by atoms with Crippen molar-refractivity contribution in [3.8, 4) is 11.1 Å². The van der Waals surface area contributed by atoms with Gasteiger partial charge in [0.1, 0.15) is 0 Å². The van der Waals surface area contributed by atoms with Gasteiger partial charge in [0.25, 0.3) is 0 Å². The Balaban J connectivity index is 1.73. The number of benzene rings is 4. The second-order valence-electron chi connectivity index (χ2n) is 13.5. The molecule has 206 valence electrons. The third kappa shape index (κ3) is 5.49. The van der Waals surface area contributed by atoms with Gasteiger partial charge in [0.15, 0.2) is 0 Å². The van der Waals surface area contributed by atoms with Crippen molar-refractivity contribution in [3.05, 3.63) is 145 Å². The molecule has 2 heteroatoms. The van der Waals surface area contributed by atoms with Crippen LogP contribution in [0.1, 0.15) is 81.3 Å². The van der Waals surface area contributed by atoms with Crippen molar-refractivity contribution < 1.29 is 21.3 Å². The summed E-state index contributed by atoms with van der Waals surface area (Å²) in [6, 6.07) is 31.8. The van der Waals surface area contributed by atoms with Gasteiger partial charge in [-0.2, -0.15) is 0 Å². The van der Waals surface area contributed by atoms with Crippen molar-refractivity contribution >= 4 is 18.1 Å². The summed E-state index contributed by atoms with van der Waals surface area (Å²) in [4.78, 5) is 0. The molecule has 0 saturated heterocycles. The Morgan fingerprint density at radius 3 is 2.12 bits per heavy atom. The van der Waals surface area contributed by atoms with Crippen molar-refractivity contribution in [2.45, 2.75) is 65.2 Å². The van der Waals surface area contributed by atoms with E-state index in [0.717, 1.165) is 17.9 Å². The predicted octanol–water partition coefficient (Wildman–Crippen LogP) is 9.86. The fourth-order valence-corrected chi connectivity index (χ4v) is 15.5. The molecule has 2 aliphatic rings. The van der Waals surface area contributed by atoms with Gasteiger partial charge >= 0.3 is 261 Å². The second kappa shape index (κ2) is 10.9. The summed E-state index contributed by atoms with van der Waals surface area (Å²) in [5.41, 5.74) is 11.6. The van der Waals surface area contributed by atoms with Crippen LogP contribution in [-0.2, 0) is 38.5 Å². The van der Waals surface area contributed by atoms with Gasteiger partial charge in [-0.1, -0.05) is 0 Å². The third-order valence-corrected chi connectivity index (χ3v) is 16.5. The van der Waals surface area contributed by atoms with E-state index < -0.39 is 21.3 Å². The fraction of sp³-hybridized carbons (Fsp3) is 0.256. The normalized spacial score (nSPS) is 15.0. The first-order chi connectivity index (χ1) is 19.5. The number of rotatable bonds is 4. The van der Waals surface area contributed by atoms with E-state index in [1.54, 1.807) is 12.1 Å². The average molecular weight is 634 g/mol. The van der Waals surface area contributed by atoms with Gasteiger partial charge in [-0.05, 0) is 0 Å². The molecule has 0 bridgehead atoms. The minimum atomic E-state index is -2.79. The van der Waals surface area contributed by atoms with Crippen LogP contribution in [0.4, 0.5) is 0 Å². The molecule has 0 fully saturated rings. The molecule has 0 heterocycles. The van der Waals surface area contributed by atoms with E-state index in [0.29, 0.717) is 0 Å². The van der Waals surface area contributed by atoms with Gasteiger partial charge < -0.3 is 0 Å². The molecule has 0 aliphatic heterocycles. The van der Waals surface area contributed by atoms with Gasteiger partial charge in [-0.3, -0.25) is 0 Å². The van der Waals surface area contributed by atoms with Gasteiger partial charge in [0, 0.05) is 0 Å². The summed E-state index contributed by atoms with van der Waals surface area (Å²) in [6.45, 7) is 14.1. The minimum absolute atomic E-state index is 0.0320. The first-order valence-corrected chi connectivity index (χ1v) is 18.8. The Hall–Kier alpha value is -2.60. The molecular weight excluding hydrogens is 595 g/mol. The monoisotopic (exact) mass is 632 g/mol. The zero-order chi connectivity index (χ0) is 28.9. The van der Waals surface area contributed by atoms with Crippen molar-refractivity contribution in [3.63, 3.8) is 0 Å². The molecule has 0 aromatic heterocycles. The molecule has 41 heavy (non-hydrogen) atoms. The maximum atomic E-state index is 6.68. The van der Waals surface area contributed by atoms with Gasteiger partial charge in [0.2, 0.25) is 0 Å². The van der Waals surface area contributed by atoms with Crippen LogP contribution in [0.15, 0.2) is 106 Å². The molecule has 0 nitrogen and oxygen atoms in total. The SMILES string of the molecule is CC(C)(C)c1ccc2c(c1)Cc1c-2ccc(C(C)(C)C)[c]1/[Zr]([C]1=CC=CC1)=[C](/c1ccccc1)c1cccc(Cl)c1. The number of halogens is 1.